The number of aromatic nitrogens is 2. The molecular formula is C13H23N3O2. The molecule has 1 aromatic heterocycles. The van der Waals surface area contributed by atoms with Gasteiger partial charge in [0.25, 0.3) is 0 Å². The van der Waals surface area contributed by atoms with Crippen LogP contribution in [0.4, 0.5) is 0 Å². The summed E-state index contributed by atoms with van der Waals surface area (Å²) in [6.07, 6.45) is 2.24. The predicted molar refractivity (Wildman–Crippen MR) is 71.0 cm³/mol. The number of hydrogen-bond acceptors (Lipinski definition) is 4. The van der Waals surface area contributed by atoms with Gasteiger partial charge >= 0.3 is 0 Å². The van der Waals surface area contributed by atoms with Gasteiger partial charge in [-0.2, -0.15) is 5.10 Å². The van der Waals surface area contributed by atoms with Crippen molar-refractivity contribution in [1.29, 1.82) is 0 Å². The van der Waals surface area contributed by atoms with Crippen LogP contribution in [-0.2, 0) is 11.3 Å². The molecule has 0 aliphatic heterocycles. The summed E-state index contributed by atoms with van der Waals surface area (Å²) in [5.74, 6) is 1.08. The van der Waals surface area contributed by atoms with Gasteiger partial charge in [0.15, 0.2) is 5.75 Å². The molecule has 1 aromatic rings. The largest absolute Gasteiger partial charge is 0.493 e. The molecule has 0 aliphatic carbocycles. The highest BCUT2D eigenvalue weighted by Gasteiger charge is 2.19. The fourth-order valence-corrected chi connectivity index (χ4v) is 2.03. The van der Waals surface area contributed by atoms with Crippen molar-refractivity contribution in [2.75, 3.05) is 27.7 Å². The molecule has 5 heteroatoms. The van der Waals surface area contributed by atoms with Gasteiger partial charge < -0.3 is 14.4 Å². The van der Waals surface area contributed by atoms with E-state index in [0.717, 1.165) is 24.5 Å². The minimum atomic E-state index is 0.127. The Morgan fingerprint density at radius 3 is 2.72 bits per heavy atom. The highest BCUT2D eigenvalue weighted by molar-refractivity contribution is 5.76. The number of ketones is 1. The Hall–Kier alpha value is -1.36. The molecule has 0 bridgehead atoms. The van der Waals surface area contributed by atoms with Gasteiger partial charge in [0.2, 0.25) is 0 Å². The van der Waals surface area contributed by atoms with Crippen LogP contribution in [0.25, 0.3) is 0 Å². The normalized spacial score (nSPS) is 12.8. The van der Waals surface area contributed by atoms with E-state index in [2.05, 4.69) is 10.00 Å². The third kappa shape index (κ3) is 3.84. The van der Waals surface area contributed by atoms with Gasteiger partial charge in [0, 0.05) is 18.9 Å². The summed E-state index contributed by atoms with van der Waals surface area (Å²) >= 11 is 0. The van der Waals surface area contributed by atoms with E-state index < -0.39 is 0 Å². The highest BCUT2D eigenvalue weighted by Crippen LogP contribution is 2.28. The van der Waals surface area contributed by atoms with Crippen LogP contribution >= 0.6 is 0 Å². The number of rotatable bonds is 7. The maximum absolute atomic E-state index is 11.2. The molecule has 1 rings (SSSR count). The first kappa shape index (κ1) is 14.7. The molecule has 0 fully saturated rings. The maximum atomic E-state index is 11.2. The molecule has 0 aliphatic rings. The van der Waals surface area contributed by atoms with Crippen LogP contribution in [-0.4, -0.2) is 48.2 Å². The zero-order valence-corrected chi connectivity index (χ0v) is 11.9. The summed E-state index contributed by atoms with van der Waals surface area (Å²) in [7, 11) is 5.69. The Morgan fingerprint density at radius 1 is 1.56 bits per heavy atom. The number of methoxy groups -OCH3 is 1. The smallest absolute Gasteiger partial charge is 0.160 e. The third-order valence-corrected chi connectivity index (χ3v) is 2.88. The quantitative estimate of drug-likeness (QED) is 0.739. The summed E-state index contributed by atoms with van der Waals surface area (Å²) in [4.78, 5) is 13.4. The van der Waals surface area contributed by atoms with Crippen LogP contribution in [0.3, 0.4) is 0 Å². The van der Waals surface area contributed by atoms with E-state index in [4.69, 9.17) is 4.74 Å². The topological polar surface area (TPSA) is 47.4 Å². The van der Waals surface area contributed by atoms with Crippen molar-refractivity contribution in [3.63, 3.8) is 0 Å². The lowest BCUT2D eigenvalue weighted by Gasteiger charge is -2.16. The number of carbonyl (C=O) groups is 1. The lowest BCUT2D eigenvalue weighted by atomic mass is 10.0. The predicted octanol–water partition coefficient (Wildman–Crippen LogP) is 1.54. The number of nitrogens with zero attached hydrogens (tertiary/aromatic N) is 3. The molecule has 0 N–H and O–H groups in total. The molecule has 0 aromatic carbocycles. The van der Waals surface area contributed by atoms with Crippen molar-refractivity contribution in [3.05, 3.63) is 11.9 Å². The van der Waals surface area contributed by atoms with E-state index in [1.54, 1.807) is 20.2 Å². The van der Waals surface area contributed by atoms with Crippen molar-refractivity contribution in [1.82, 2.24) is 14.7 Å². The van der Waals surface area contributed by atoms with Crippen molar-refractivity contribution in [2.45, 2.75) is 32.7 Å². The van der Waals surface area contributed by atoms with Crippen LogP contribution < -0.4 is 4.74 Å². The van der Waals surface area contributed by atoms with Crippen molar-refractivity contribution < 1.29 is 9.53 Å². The molecule has 1 heterocycles. The Balaban J connectivity index is 2.90. The lowest BCUT2D eigenvalue weighted by molar-refractivity contribution is -0.117. The zero-order valence-electron chi connectivity index (χ0n) is 11.9. The van der Waals surface area contributed by atoms with E-state index in [0.29, 0.717) is 6.42 Å². The van der Waals surface area contributed by atoms with Gasteiger partial charge in [0.05, 0.1) is 25.5 Å². The minimum Gasteiger partial charge on any atom is -0.493 e. The number of Topliss-reactive ketones (excluding diaryl/α,β-unsaturated/α-hetero) is 1. The molecule has 0 saturated heterocycles. The molecule has 5 nitrogen and oxygen atoms in total. The van der Waals surface area contributed by atoms with E-state index in [9.17, 15) is 4.79 Å². The molecule has 0 radical (unpaired) electrons. The number of likely N-dealkylation sites (N-methyl/N-ethyl adjacent to an activating group) is 1. The average Bonchev–Trinajstić information content (AvgIpc) is 2.68. The molecule has 0 spiro atoms. The van der Waals surface area contributed by atoms with Crippen molar-refractivity contribution in [3.8, 4) is 5.75 Å². The average molecular weight is 253 g/mol. The Morgan fingerprint density at radius 2 is 2.22 bits per heavy atom. The van der Waals surface area contributed by atoms with Gasteiger partial charge in [-0.3, -0.25) is 4.68 Å². The standard InChI is InChI=1S/C13H23N3O2/c1-10(8-11(2)17)13-12(18-5)9-14-16(13)7-6-15(3)4/h9-10H,6-8H2,1-5H3. The Labute approximate surface area is 109 Å². The second kappa shape index (κ2) is 6.54. The summed E-state index contributed by atoms with van der Waals surface area (Å²) in [5, 5.41) is 4.34. The number of ether oxygens (including phenoxy) is 1. The molecule has 0 amide bonds. The molecule has 102 valence electrons. The van der Waals surface area contributed by atoms with Crippen LogP contribution in [0.1, 0.15) is 31.9 Å². The molecular weight excluding hydrogens is 230 g/mol. The fourth-order valence-electron chi connectivity index (χ4n) is 2.03. The third-order valence-electron chi connectivity index (χ3n) is 2.88. The number of hydrogen-bond donors (Lipinski definition) is 0. The second-order valence-corrected chi connectivity index (χ2v) is 4.93. The molecule has 0 saturated carbocycles. The summed E-state index contributed by atoms with van der Waals surface area (Å²) in [6.45, 7) is 5.36. The van der Waals surface area contributed by atoms with Gasteiger partial charge in [-0.15, -0.1) is 0 Å². The fraction of sp³-hybridized carbons (Fsp3) is 0.692. The van der Waals surface area contributed by atoms with Gasteiger partial charge in [-0.05, 0) is 21.0 Å². The molecule has 18 heavy (non-hydrogen) atoms. The monoisotopic (exact) mass is 253 g/mol. The second-order valence-electron chi connectivity index (χ2n) is 4.93. The first-order valence-electron chi connectivity index (χ1n) is 6.19. The van der Waals surface area contributed by atoms with Crippen LogP contribution in [0.2, 0.25) is 0 Å². The van der Waals surface area contributed by atoms with Gasteiger partial charge in [-0.1, -0.05) is 6.92 Å². The number of carbonyl (C=O) groups excluding carboxylic acids is 1. The van der Waals surface area contributed by atoms with Crippen LogP contribution in [0.5, 0.6) is 5.75 Å². The summed E-state index contributed by atoms with van der Waals surface area (Å²) in [6, 6.07) is 0. The van der Waals surface area contributed by atoms with E-state index in [1.165, 1.54) is 0 Å². The summed E-state index contributed by atoms with van der Waals surface area (Å²) < 4.78 is 7.26. The van der Waals surface area contributed by atoms with Crippen LogP contribution in [0, 0.1) is 0 Å². The Bertz CT molecular complexity index is 399. The molecule has 1 unspecified atom stereocenters. The minimum absolute atomic E-state index is 0.127. The zero-order chi connectivity index (χ0) is 13.7. The summed E-state index contributed by atoms with van der Waals surface area (Å²) in [5.41, 5.74) is 1.01. The lowest BCUT2D eigenvalue weighted by Crippen LogP contribution is -2.21. The van der Waals surface area contributed by atoms with E-state index in [1.807, 2.05) is 25.7 Å². The van der Waals surface area contributed by atoms with Gasteiger partial charge in [0.1, 0.15) is 5.78 Å². The SMILES string of the molecule is COc1cnn(CCN(C)C)c1C(C)CC(C)=O. The van der Waals surface area contributed by atoms with Crippen molar-refractivity contribution >= 4 is 5.78 Å². The molecule has 1 atom stereocenters. The van der Waals surface area contributed by atoms with Crippen LogP contribution in [0.15, 0.2) is 6.20 Å². The first-order valence-corrected chi connectivity index (χ1v) is 6.19. The Kier molecular flexibility index (Phi) is 5.34. The van der Waals surface area contributed by atoms with E-state index in [-0.39, 0.29) is 11.7 Å². The van der Waals surface area contributed by atoms with Crippen molar-refractivity contribution in [2.24, 2.45) is 0 Å². The maximum Gasteiger partial charge on any atom is 0.160 e. The first-order chi connectivity index (χ1) is 8.45. The highest BCUT2D eigenvalue weighted by atomic mass is 16.5. The van der Waals surface area contributed by atoms with Gasteiger partial charge in [-0.25, -0.2) is 0 Å². The van der Waals surface area contributed by atoms with E-state index >= 15 is 0 Å².